The van der Waals surface area contributed by atoms with Gasteiger partial charge in [-0.25, -0.2) is 4.79 Å². The van der Waals surface area contributed by atoms with Crippen molar-refractivity contribution in [2.75, 3.05) is 12.8 Å². The van der Waals surface area contributed by atoms with E-state index in [-0.39, 0.29) is 40.7 Å². The minimum absolute atomic E-state index is 0.0215. The largest absolute Gasteiger partial charge is 0.343 e. The molecule has 1 aromatic rings. The van der Waals surface area contributed by atoms with Crippen molar-refractivity contribution in [1.29, 1.82) is 0 Å². The Kier molecular flexibility index (Phi) is 7.42. The third-order valence-corrected chi connectivity index (χ3v) is 8.63. The number of likely N-dealkylation sites (N-methyl/N-ethyl adjacent to an activating group) is 1. The summed E-state index contributed by atoms with van der Waals surface area (Å²) in [6, 6.07) is 7.00. The van der Waals surface area contributed by atoms with Crippen LogP contribution in [-0.4, -0.2) is 59.2 Å². The normalized spacial score (nSPS) is 28.8. The Morgan fingerprint density at radius 3 is 2.65 bits per heavy atom. The van der Waals surface area contributed by atoms with Gasteiger partial charge in [-0.05, 0) is 63.0 Å². The monoisotopic (exact) mass is 487 g/mol. The Morgan fingerprint density at radius 1 is 1.12 bits per heavy atom. The van der Waals surface area contributed by atoms with Gasteiger partial charge >= 0.3 is 6.03 Å². The first-order valence-electron chi connectivity index (χ1n) is 12.3. The van der Waals surface area contributed by atoms with Gasteiger partial charge in [-0.2, -0.15) is 0 Å². The standard InChI is InChI=1S/C25H37N5O3S/c1-15(26-4)21(31)27-19-12-13-34-20-14-25(2,3)23(30(20)22(19)32)29-24(33)28-18-11-7-9-16-8-5-6-10-17(16)18/h5-6,8,10,15,18-20,23,26H,7,9,11-14H2,1-4H3,(H,27,31)(H2,28,29,33)/t15-,18+,19-,20?,23-/m0/s1. The second-order valence-corrected chi connectivity index (χ2v) is 11.6. The van der Waals surface area contributed by atoms with Crippen molar-refractivity contribution in [3.05, 3.63) is 35.4 Å². The second kappa shape index (κ2) is 10.2. The molecule has 0 bridgehead atoms. The molecule has 34 heavy (non-hydrogen) atoms. The molecule has 2 fully saturated rings. The number of rotatable bonds is 5. The molecule has 2 saturated heterocycles. The highest BCUT2D eigenvalue weighted by Crippen LogP contribution is 2.45. The molecule has 4 amide bonds. The van der Waals surface area contributed by atoms with E-state index in [1.54, 1.807) is 30.6 Å². The molecule has 4 N–H and O–H groups in total. The molecule has 0 saturated carbocycles. The van der Waals surface area contributed by atoms with Gasteiger partial charge in [0.15, 0.2) is 0 Å². The number of benzene rings is 1. The number of hydrogen-bond acceptors (Lipinski definition) is 5. The molecule has 3 aliphatic rings. The molecular formula is C25H37N5O3S. The summed E-state index contributed by atoms with van der Waals surface area (Å²) in [7, 11) is 1.72. The van der Waals surface area contributed by atoms with Crippen LogP contribution < -0.4 is 21.3 Å². The van der Waals surface area contributed by atoms with Crippen molar-refractivity contribution in [3.63, 3.8) is 0 Å². The summed E-state index contributed by atoms with van der Waals surface area (Å²) >= 11 is 1.73. The fraction of sp³-hybridized carbons (Fsp3) is 0.640. The lowest BCUT2D eigenvalue weighted by molar-refractivity contribution is -0.138. The number of thioether (sulfide) groups is 1. The average Bonchev–Trinajstić information content (AvgIpc) is 2.96. The lowest BCUT2D eigenvalue weighted by atomic mass is 9.87. The maximum Gasteiger partial charge on any atom is 0.316 e. The summed E-state index contributed by atoms with van der Waals surface area (Å²) in [5.74, 6) is 0.464. The van der Waals surface area contributed by atoms with Gasteiger partial charge in [0.2, 0.25) is 11.8 Å². The van der Waals surface area contributed by atoms with E-state index in [4.69, 9.17) is 0 Å². The zero-order chi connectivity index (χ0) is 24.5. The number of carbonyl (C=O) groups excluding carboxylic acids is 3. The SMILES string of the molecule is CN[C@@H](C)C(=O)N[C@H]1CCSC2CC(C)(C)[C@@H](NC(=O)N[C@@H]3CCCc4ccccc43)N2C1=O. The molecule has 1 unspecified atom stereocenters. The molecule has 1 aromatic carbocycles. The van der Waals surface area contributed by atoms with Crippen molar-refractivity contribution in [2.45, 2.75) is 82.5 Å². The topological polar surface area (TPSA) is 103 Å². The minimum Gasteiger partial charge on any atom is -0.343 e. The van der Waals surface area contributed by atoms with Crippen molar-refractivity contribution in [2.24, 2.45) is 5.41 Å². The molecule has 9 heteroatoms. The lowest BCUT2D eigenvalue weighted by Crippen LogP contribution is -2.60. The number of fused-ring (bicyclic) bond motifs is 2. The van der Waals surface area contributed by atoms with Gasteiger partial charge < -0.3 is 26.2 Å². The van der Waals surface area contributed by atoms with E-state index < -0.39 is 12.2 Å². The highest BCUT2D eigenvalue weighted by molar-refractivity contribution is 7.99. The number of urea groups is 1. The lowest BCUT2D eigenvalue weighted by Gasteiger charge is -2.36. The van der Waals surface area contributed by atoms with Crippen molar-refractivity contribution in [1.82, 2.24) is 26.2 Å². The highest BCUT2D eigenvalue weighted by atomic mass is 32.2. The van der Waals surface area contributed by atoms with Crippen molar-refractivity contribution in [3.8, 4) is 0 Å². The Labute approximate surface area is 206 Å². The quantitative estimate of drug-likeness (QED) is 0.511. The summed E-state index contributed by atoms with van der Waals surface area (Å²) < 4.78 is 0. The average molecular weight is 488 g/mol. The van der Waals surface area contributed by atoms with Gasteiger partial charge in [0, 0.05) is 5.41 Å². The molecule has 0 aromatic heterocycles. The molecular weight excluding hydrogens is 450 g/mol. The molecule has 2 heterocycles. The van der Waals surface area contributed by atoms with E-state index in [2.05, 4.69) is 47.2 Å². The summed E-state index contributed by atoms with van der Waals surface area (Å²) in [5, 5.41) is 12.1. The first-order valence-corrected chi connectivity index (χ1v) is 13.3. The molecule has 0 spiro atoms. The molecule has 2 aliphatic heterocycles. The van der Waals surface area contributed by atoms with E-state index in [1.807, 2.05) is 12.1 Å². The third-order valence-electron chi connectivity index (χ3n) is 7.38. The number of nitrogens with one attached hydrogen (secondary N) is 4. The Balaban J connectivity index is 1.48. The van der Waals surface area contributed by atoms with Crippen LogP contribution in [0.5, 0.6) is 0 Å². The maximum absolute atomic E-state index is 13.6. The molecule has 5 atom stereocenters. The van der Waals surface area contributed by atoms with Crippen LogP contribution in [-0.2, 0) is 16.0 Å². The van der Waals surface area contributed by atoms with Crippen molar-refractivity contribution >= 4 is 29.6 Å². The van der Waals surface area contributed by atoms with E-state index in [0.717, 1.165) is 31.4 Å². The third kappa shape index (κ3) is 5.05. The second-order valence-electron chi connectivity index (χ2n) is 10.3. The van der Waals surface area contributed by atoms with Gasteiger partial charge in [0.05, 0.1) is 17.5 Å². The number of aryl methyl sites for hydroxylation is 1. The first-order chi connectivity index (χ1) is 16.2. The van der Waals surface area contributed by atoms with E-state index in [1.165, 1.54) is 11.1 Å². The first kappa shape index (κ1) is 24.9. The van der Waals surface area contributed by atoms with Crippen LogP contribution in [0.25, 0.3) is 0 Å². The Bertz CT molecular complexity index is 939. The van der Waals surface area contributed by atoms with Crippen LogP contribution in [0.2, 0.25) is 0 Å². The Morgan fingerprint density at radius 2 is 1.88 bits per heavy atom. The summed E-state index contributed by atoms with van der Waals surface area (Å²) in [6.07, 6.45) is 3.89. The van der Waals surface area contributed by atoms with Gasteiger partial charge in [0.1, 0.15) is 12.2 Å². The zero-order valence-corrected chi connectivity index (χ0v) is 21.3. The van der Waals surface area contributed by atoms with Gasteiger partial charge in [-0.1, -0.05) is 38.1 Å². The van der Waals surface area contributed by atoms with Crippen LogP contribution in [0, 0.1) is 5.41 Å². The number of amides is 4. The van der Waals surface area contributed by atoms with E-state index in [0.29, 0.717) is 6.42 Å². The summed E-state index contributed by atoms with van der Waals surface area (Å²) in [5.41, 5.74) is 2.17. The molecule has 0 radical (unpaired) electrons. The predicted octanol–water partition coefficient (Wildman–Crippen LogP) is 2.50. The molecule has 8 nitrogen and oxygen atoms in total. The van der Waals surface area contributed by atoms with Crippen LogP contribution >= 0.6 is 11.8 Å². The van der Waals surface area contributed by atoms with Crippen LogP contribution in [0.3, 0.4) is 0 Å². The van der Waals surface area contributed by atoms with E-state index in [9.17, 15) is 14.4 Å². The summed E-state index contributed by atoms with van der Waals surface area (Å²) in [4.78, 5) is 41.1. The smallest absolute Gasteiger partial charge is 0.316 e. The van der Waals surface area contributed by atoms with Crippen LogP contribution in [0.1, 0.15) is 63.6 Å². The fourth-order valence-corrected chi connectivity index (χ4v) is 6.87. The number of hydrogen-bond donors (Lipinski definition) is 4. The minimum atomic E-state index is -0.590. The number of nitrogens with zero attached hydrogens (tertiary/aromatic N) is 1. The molecule has 1 aliphatic carbocycles. The summed E-state index contributed by atoms with van der Waals surface area (Å²) in [6.45, 7) is 5.95. The zero-order valence-electron chi connectivity index (χ0n) is 20.5. The van der Waals surface area contributed by atoms with Crippen LogP contribution in [0.15, 0.2) is 24.3 Å². The van der Waals surface area contributed by atoms with Gasteiger partial charge in [-0.3, -0.25) is 9.59 Å². The van der Waals surface area contributed by atoms with E-state index >= 15 is 0 Å². The van der Waals surface area contributed by atoms with Gasteiger partial charge in [0.25, 0.3) is 0 Å². The molecule has 186 valence electrons. The Hall–Kier alpha value is -2.26. The van der Waals surface area contributed by atoms with Crippen LogP contribution in [0.4, 0.5) is 4.79 Å². The fourth-order valence-electron chi connectivity index (χ4n) is 5.29. The number of carbonyl (C=O) groups is 3. The molecule has 4 rings (SSSR count). The predicted molar refractivity (Wildman–Crippen MR) is 134 cm³/mol. The highest BCUT2D eigenvalue weighted by Gasteiger charge is 2.52. The van der Waals surface area contributed by atoms with Crippen molar-refractivity contribution < 1.29 is 14.4 Å². The maximum atomic E-state index is 13.6. The van der Waals surface area contributed by atoms with Gasteiger partial charge in [-0.15, -0.1) is 11.8 Å².